The number of cyclic esters (lactones) is 1. The summed E-state index contributed by atoms with van der Waals surface area (Å²) in [5, 5.41) is 12.7. The Morgan fingerprint density at radius 1 is 1.10 bits per heavy atom. The van der Waals surface area contributed by atoms with Gasteiger partial charge in [0, 0.05) is 13.0 Å². The van der Waals surface area contributed by atoms with Crippen molar-refractivity contribution in [3.05, 3.63) is 48.0 Å². The summed E-state index contributed by atoms with van der Waals surface area (Å²) in [4.78, 5) is 53.4. The van der Waals surface area contributed by atoms with Crippen LogP contribution in [0.25, 0.3) is 0 Å². The number of hydrogen-bond acceptors (Lipinski definition) is 7. The second kappa shape index (κ2) is 14.3. The third kappa shape index (κ3) is 9.80. The Morgan fingerprint density at radius 2 is 1.79 bits per heavy atom. The van der Waals surface area contributed by atoms with Crippen molar-refractivity contribution in [1.29, 1.82) is 0 Å². The molecule has 9 nitrogen and oxygen atoms in total. The molecule has 1 fully saturated rings. The van der Waals surface area contributed by atoms with Gasteiger partial charge in [0.05, 0.1) is 36.9 Å². The van der Waals surface area contributed by atoms with Crippen molar-refractivity contribution in [1.82, 2.24) is 10.2 Å². The fourth-order valence-corrected chi connectivity index (χ4v) is 5.04. The maximum absolute atomic E-state index is 13.5. The van der Waals surface area contributed by atoms with E-state index in [-0.39, 0.29) is 50.3 Å². The zero-order valence-corrected chi connectivity index (χ0v) is 23.3. The maximum atomic E-state index is 13.5. The van der Waals surface area contributed by atoms with E-state index in [0.717, 1.165) is 12.0 Å². The van der Waals surface area contributed by atoms with E-state index in [2.05, 4.69) is 5.32 Å². The SMILES string of the molecule is CC(C)(C)OC(=O)C[C@@H]1C/C=C\C[C@@H](CC(=O)N[C@H](CO)Cc2ccccc2)C(=O)N2CCC[C@H]2COC1=O. The molecule has 0 radical (unpaired) electrons. The number of esters is 2. The summed E-state index contributed by atoms with van der Waals surface area (Å²) in [5.74, 6) is -2.65. The predicted molar refractivity (Wildman–Crippen MR) is 145 cm³/mol. The van der Waals surface area contributed by atoms with Crippen molar-refractivity contribution in [2.45, 2.75) is 83.4 Å². The topological polar surface area (TPSA) is 122 Å². The fourth-order valence-electron chi connectivity index (χ4n) is 5.04. The lowest BCUT2D eigenvalue weighted by Gasteiger charge is -2.29. The van der Waals surface area contributed by atoms with E-state index < -0.39 is 35.4 Å². The summed E-state index contributed by atoms with van der Waals surface area (Å²) in [6, 6.07) is 8.88. The Labute approximate surface area is 230 Å². The first-order valence-corrected chi connectivity index (χ1v) is 13.8. The average Bonchev–Trinajstić information content (AvgIpc) is 3.35. The molecule has 1 saturated heterocycles. The van der Waals surface area contributed by atoms with Gasteiger partial charge in [0.2, 0.25) is 11.8 Å². The molecule has 0 aliphatic carbocycles. The van der Waals surface area contributed by atoms with Crippen LogP contribution in [0.15, 0.2) is 42.5 Å². The number of ether oxygens (including phenoxy) is 2. The Hall–Kier alpha value is -3.20. The Morgan fingerprint density at radius 3 is 2.46 bits per heavy atom. The lowest BCUT2D eigenvalue weighted by atomic mass is 9.95. The maximum Gasteiger partial charge on any atom is 0.309 e. The van der Waals surface area contributed by atoms with Crippen molar-refractivity contribution in [2.24, 2.45) is 11.8 Å². The minimum atomic E-state index is -0.689. The number of rotatable bonds is 8. The second-order valence-electron chi connectivity index (χ2n) is 11.4. The van der Waals surface area contributed by atoms with Crippen molar-refractivity contribution in [3.63, 3.8) is 0 Å². The first-order chi connectivity index (χ1) is 18.6. The number of carbonyl (C=O) groups is 4. The van der Waals surface area contributed by atoms with E-state index in [9.17, 15) is 24.3 Å². The van der Waals surface area contributed by atoms with Gasteiger partial charge in [-0.15, -0.1) is 0 Å². The Kier molecular flexibility index (Phi) is 11.1. The van der Waals surface area contributed by atoms with Crippen LogP contribution in [-0.2, 0) is 35.1 Å². The van der Waals surface area contributed by atoms with Crippen LogP contribution in [-0.4, -0.2) is 71.2 Å². The number of nitrogens with one attached hydrogen (secondary N) is 1. The van der Waals surface area contributed by atoms with Crippen molar-refractivity contribution in [2.75, 3.05) is 19.8 Å². The minimum absolute atomic E-state index is 0.0151. The molecule has 9 heteroatoms. The Balaban J connectivity index is 1.69. The van der Waals surface area contributed by atoms with Gasteiger partial charge in [-0.3, -0.25) is 19.2 Å². The lowest BCUT2D eigenvalue weighted by Crippen LogP contribution is -2.45. The van der Waals surface area contributed by atoms with Gasteiger partial charge in [0.1, 0.15) is 12.2 Å². The second-order valence-corrected chi connectivity index (χ2v) is 11.4. The number of nitrogens with zero attached hydrogens (tertiary/aromatic N) is 1. The van der Waals surface area contributed by atoms with E-state index in [1.165, 1.54) is 0 Å². The summed E-state index contributed by atoms with van der Waals surface area (Å²) >= 11 is 0. The minimum Gasteiger partial charge on any atom is -0.463 e. The molecule has 1 aromatic rings. The number of amides is 2. The molecule has 1 aromatic carbocycles. The van der Waals surface area contributed by atoms with Gasteiger partial charge < -0.3 is 24.8 Å². The summed E-state index contributed by atoms with van der Waals surface area (Å²) in [6.07, 6.45) is 6.02. The fraction of sp³-hybridized carbons (Fsp3) is 0.600. The van der Waals surface area contributed by atoms with Gasteiger partial charge in [-0.25, -0.2) is 0 Å². The normalized spacial score (nSPS) is 24.0. The first-order valence-electron chi connectivity index (χ1n) is 13.8. The van der Waals surface area contributed by atoms with Crippen LogP contribution in [0.4, 0.5) is 0 Å². The molecular weight excluding hydrogens is 500 g/mol. The summed E-state index contributed by atoms with van der Waals surface area (Å²) < 4.78 is 11.0. The van der Waals surface area contributed by atoms with Crippen LogP contribution in [0.1, 0.15) is 64.9 Å². The molecule has 2 heterocycles. The van der Waals surface area contributed by atoms with Gasteiger partial charge in [-0.05, 0) is 58.4 Å². The molecule has 0 spiro atoms. The summed E-state index contributed by atoms with van der Waals surface area (Å²) in [5.41, 5.74) is 0.342. The number of fused-ring (bicyclic) bond motifs is 1. The largest absolute Gasteiger partial charge is 0.463 e. The molecule has 0 bridgehead atoms. The third-order valence-corrected chi connectivity index (χ3v) is 6.94. The number of aliphatic hydroxyl groups excluding tert-OH is 1. The van der Waals surface area contributed by atoms with E-state index in [0.29, 0.717) is 25.8 Å². The highest BCUT2D eigenvalue weighted by atomic mass is 16.6. The van der Waals surface area contributed by atoms with E-state index in [1.807, 2.05) is 30.3 Å². The van der Waals surface area contributed by atoms with Gasteiger partial charge in [0.25, 0.3) is 0 Å². The van der Waals surface area contributed by atoms with Crippen molar-refractivity contribution >= 4 is 23.8 Å². The number of aliphatic hydroxyl groups is 1. The zero-order chi connectivity index (χ0) is 28.4. The summed E-state index contributed by atoms with van der Waals surface area (Å²) in [7, 11) is 0. The lowest BCUT2D eigenvalue weighted by molar-refractivity contribution is -0.162. The molecule has 3 rings (SSSR count). The molecule has 4 atom stereocenters. The molecule has 2 aliphatic rings. The van der Waals surface area contributed by atoms with Crippen LogP contribution in [0.3, 0.4) is 0 Å². The number of allylic oxidation sites excluding steroid dienone is 2. The zero-order valence-electron chi connectivity index (χ0n) is 23.3. The highest BCUT2D eigenvalue weighted by Gasteiger charge is 2.36. The average molecular weight is 543 g/mol. The molecule has 214 valence electrons. The molecule has 2 N–H and O–H groups in total. The molecular formula is C30H42N2O7. The first kappa shape index (κ1) is 30.3. The third-order valence-electron chi connectivity index (χ3n) is 6.94. The highest BCUT2D eigenvalue weighted by molar-refractivity contribution is 5.86. The highest BCUT2D eigenvalue weighted by Crippen LogP contribution is 2.26. The summed E-state index contributed by atoms with van der Waals surface area (Å²) in [6.45, 7) is 5.71. The van der Waals surface area contributed by atoms with Crippen LogP contribution >= 0.6 is 0 Å². The van der Waals surface area contributed by atoms with Crippen LogP contribution in [0.2, 0.25) is 0 Å². The predicted octanol–water partition coefficient (Wildman–Crippen LogP) is 2.94. The molecule has 2 aliphatic heterocycles. The van der Waals surface area contributed by atoms with Gasteiger partial charge in [-0.2, -0.15) is 0 Å². The van der Waals surface area contributed by atoms with E-state index in [1.54, 1.807) is 37.8 Å². The van der Waals surface area contributed by atoms with Crippen LogP contribution in [0, 0.1) is 11.8 Å². The van der Waals surface area contributed by atoms with Crippen LogP contribution in [0.5, 0.6) is 0 Å². The molecule has 0 unspecified atom stereocenters. The number of hydrogen-bond donors (Lipinski definition) is 2. The van der Waals surface area contributed by atoms with Crippen molar-refractivity contribution in [3.8, 4) is 0 Å². The van der Waals surface area contributed by atoms with Crippen molar-refractivity contribution < 1.29 is 33.8 Å². The quantitative estimate of drug-likeness (QED) is 0.383. The van der Waals surface area contributed by atoms with Gasteiger partial charge >= 0.3 is 11.9 Å². The van der Waals surface area contributed by atoms with Gasteiger partial charge in [-0.1, -0.05) is 42.5 Å². The van der Waals surface area contributed by atoms with E-state index >= 15 is 0 Å². The Bertz CT molecular complexity index is 1020. The number of carbonyl (C=O) groups excluding carboxylic acids is 4. The molecule has 2 amide bonds. The van der Waals surface area contributed by atoms with Gasteiger partial charge in [0.15, 0.2) is 0 Å². The van der Waals surface area contributed by atoms with Crippen LogP contribution < -0.4 is 5.32 Å². The monoisotopic (exact) mass is 542 g/mol. The molecule has 0 aromatic heterocycles. The van der Waals surface area contributed by atoms with E-state index in [4.69, 9.17) is 9.47 Å². The molecule has 39 heavy (non-hydrogen) atoms. The number of benzene rings is 1. The standard InChI is InChI=1S/C30H42N2O7/c1-30(2,3)39-27(35)18-23-13-8-7-12-22(28(36)32-15-9-14-25(32)20-38-29(23)37)17-26(34)31-24(19-33)16-21-10-5-4-6-11-21/h4-8,10-11,22-25,33H,9,12-20H2,1-3H3,(H,31,34)/b8-7-/t22-,23-,24-,25-/m0/s1. The molecule has 0 saturated carbocycles. The smallest absolute Gasteiger partial charge is 0.309 e.